The lowest BCUT2D eigenvalue weighted by molar-refractivity contribution is -0.147. The van der Waals surface area contributed by atoms with Gasteiger partial charge in [0.1, 0.15) is 0 Å². The molecule has 1 rings (SSSR count). The van der Waals surface area contributed by atoms with E-state index in [0.29, 0.717) is 12.0 Å². The number of ether oxygens (including phenoxy) is 1. The lowest BCUT2D eigenvalue weighted by atomic mass is 10.0. The van der Waals surface area contributed by atoms with Crippen LogP contribution in [0.3, 0.4) is 0 Å². The van der Waals surface area contributed by atoms with Crippen LogP contribution in [0.25, 0.3) is 0 Å². The molecule has 0 spiro atoms. The van der Waals surface area contributed by atoms with Crippen LogP contribution in [-0.4, -0.2) is 43.2 Å². The Morgan fingerprint density at radius 1 is 1.56 bits per heavy atom. The molecule has 4 unspecified atom stereocenters. The van der Waals surface area contributed by atoms with Gasteiger partial charge in [0.25, 0.3) is 0 Å². The number of rotatable bonds is 4. The highest BCUT2D eigenvalue weighted by molar-refractivity contribution is 5.72. The van der Waals surface area contributed by atoms with Gasteiger partial charge in [-0.05, 0) is 32.7 Å². The first kappa shape index (κ1) is 13.5. The highest BCUT2D eigenvalue weighted by atomic mass is 16.5. The molecule has 1 aliphatic rings. The Kier molecular flexibility index (Phi) is 4.74. The van der Waals surface area contributed by atoms with Crippen molar-refractivity contribution >= 4 is 5.97 Å². The Bertz CT molecular complexity index is 245. The zero-order valence-electron chi connectivity index (χ0n) is 10.8. The normalized spacial score (nSPS) is 30.1. The van der Waals surface area contributed by atoms with E-state index < -0.39 is 0 Å². The summed E-state index contributed by atoms with van der Waals surface area (Å²) in [5, 5.41) is 0. The Morgan fingerprint density at radius 2 is 2.19 bits per heavy atom. The maximum absolute atomic E-state index is 11.5. The molecule has 0 bridgehead atoms. The number of hydrogen-bond donors (Lipinski definition) is 1. The monoisotopic (exact) mass is 228 g/mol. The van der Waals surface area contributed by atoms with E-state index in [4.69, 9.17) is 10.5 Å². The summed E-state index contributed by atoms with van der Waals surface area (Å²) in [7, 11) is 1.45. The van der Waals surface area contributed by atoms with Crippen LogP contribution in [0.2, 0.25) is 0 Å². The summed E-state index contributed by atoms with van der Waals surface area (Å²) < 4.78 is 4.79. The van der Waals surface area contributed by atoms with E-state index in [1.54, 1.807) is 0 Å². The fraction of sp³-hybridized carbons (Fsp3) is 0.917. The highest BCUT2D eigenvalue weighted by Crippen LogP contribution is 2.27. The van der Waals surface area contributed by atoms with E-state index in [1.807, 2.05) is 6.92 Å². The second kappa shape index (κ2) is 5.64. The van der Waals surface area contributed by atoms with Gasteiger partial charge in [0.15, 0.2) is 0 Å². The van der Waals surface area contributed by atoms with E-state index in [-0.39, 0.29) is 17.9 Å². The molecule has 1 saturated heterocycles. The van der Waals surface area contributed by atoms with Gasteiger partial charge < -0.3 is 10.5 Å². The van der Waals surface area contributed by atoms with Gasteiger partial charge in [-0.3, -0.25) is 9.69 Å². The standard InChI is InChI=1S/C12H24N2O2/c1-8-5-11(6-13)7-14(8)10(3)9(2)12(15)16-4/h8-11H,5-7,13H2,1-4H3. The molecular weight excluding hydrogens is 204 g/mol. The van der Waals surface area contributed by atoms with Gasteiger partial charge in [0, 0.05) is 18.6 Å². The molecule has 16 heavy (non-hydrogen) atoms. The van der Waals surface area contributed by atoms with Crippen LogP contribution < -0.4 is 5.73 Å². The van der Waals surface area contributed by atoms with Crippen LogP contribution in [0, 0.1) is 11.8 Å². The minimum atomic E-state index is -0.129. The van der Waals surface area contributed by atoms with Crippen molar-refractivity contribution < 1.29 is 9.53 Å². The lowest BCUT2D eigenvalue weighted by Gasteiger charge is -2.31. The van der Waals surface area contributed by atoms with Crippen LogP contribution in [0.1, 0.15) is 27.2 Å². The first-order valence-corrected chi connectivity index (χ1v) is 6.04. The molecule has 0 saturated carbocycles. The van der Waals surface area contributed by atoms with Crippen LogP contribution in [-0.2, 0) is 9.53 Å². The Balaban J connectivity index is 2.60. The predicted molar refractivity (Wildman–Crippen MR) is 64.0 cm³/mol. The SMILES string of the molecule is COC(=O)C(C)C(C)N1CC(CN)CC1C. The Hall–Kier alpha value is -0.610. The Morgan fingerprint density at radius 3 is 2.62 bits per heavy atom. The molecule has 0 aromatic rings. The molecule has 0 aliphatic carbocycles. The van der Waals surface area contributed by atoms with Crippen molar-refractivity contribution in [2.24, 2.45) is 17.6 Å². The van der Waals surface area contributed by atoms with Gasteiger partial charge in [0.2, 0.25) is 0 Å². The maximum atomic E-state index is 11.5. The largest absolute Gasteiger partial charge is 0.469 e. The summed E-state index contributed by atoms with van der Waals surface area (Å²) in [6.45, 7) is 7.96. The van der Waals surface area contributed by atoms with Crippen LogP contribution >= 0.6 is 0 Å². The summed E-state index contributed by atoms with van der Waals surface area (Å²) in [5.41, 5.74) is 5.70. The van der Waals surface area contributed by atoms with E-state index >= 15 is 0 Å². The molecule has 1 fully saturated rings. The van der Waals surface area contributed by atoms with Crippen molar-refractivity contribution in [2.75, 3.05) is 20.2 Å². The topological polar surface area (TPSA) is 55.6 Å². The summed E-state index contributed by atoms with van der Waals surface area (Å²) >= 11 is 0. The molecule has 4 atom stereocenters. The molecule has 94 valence electrons. The van der Waals surface area contributed by atoms with Crippen molar-refractivity contribution in [2.45, 2.75) is 39.3 Å². The number of likely N-dealkylation sites (tertiary alicyclic amines) is 1. The molecule has 0 amide bonds. The zero-order chi connectivity index (χ0) is 12.3. The average molecular weight is 228 g/mol. The molecule has 0 aromatic carbocycles. The number of methoxy groups -OCH3 is 1. The van der Waals surface area contributed by atoms with E-state index in [1.165, 1.54) is 7.11 Å². The molecule has 1 aliphatic heterocycles. The third-order valence-corrected chi connectivity index (χ3v) is 3.86. The molecular formula is C12H24N2O2. The minimum Gasteiger partial charge on any atom is -0.469 e. The number of hydrogen-bond acceptors (Lipinski definition) is 4. The average Bonchev–Trinajstić information content (AvgIpc) is 2.67. The van der Waals surface area contributed by atoms with Crippen molar-refractivity contribution in [1.82, 2.24) is 4.90 Å². The third kappa shape index (κ3) is 2.74. The number of carbonyl (C=O) groups is 1. The van der Waals surface area contributed by atoms with Crippen molar-refractivity contribution in [1.29, 1.82) is 0 Å². The van der Waals surface area contributed by atoms with Crippen LogP contribution in [0.5, 0.6) is 0 Å². The van der Waals surface area contributed by atoms with E-state index in [9.17, 15) is 4.79 Å². The summed E-state index contributed by atoms with van der Waals surface area (Å²) in [4.78, 5) is 13.9. The molecule has 1 heterocycles. The number of nitrogens with zero attached hydrogens (tertiary/aromatic N) is 1. The van der Waals surface area contributed by atoms with Gasteiger partial charge >= 0.3 is 5.97 Å². The molecule has 0 radical (unpaired) electrons. The smallest absolute Gasteiger partial charge is 0.309 e. The summed E-state index contributed by atoms with van der Waals surface area (Å²) in [6, 6.07) is 0.731. The zero-order valence-corrected chi connectivity index (χ0v) is 10.8. The molecule has 2 N–H and O–H groups in total. The van der Waals surface area contributed by atoms with E-state index in [2.05, 4.69) is 18.7 Å². The second-order valence-electron chi connectivity index (χ2n) is 4.94. The number of carbonyl (C=O) groups excluding carboxylic acids is 1. The fourth-order valence-electron chi connectivity index (χ4n) is 2.58. The Labute approximate surface area is 98.1 Å². The first-order chi connectivity index (χ1) is 7.51. The van der Waals surface area contributed by atoms with Gasteiger partial charge in [-0.1, -0.05) is 6.92 Å². The third-order valence-electron chi connectivity index (χ3n) is 3.86. The summed E-state index contributed by atoms with van der Waals surface area (Å²) in [5.74, 6) is 0.363. The van der Waals surface area contributed by atoms with Crippen molar-refractivity contribution in [3.05, 3.63) is 0 Å². The second-order valence-corrected chi connectivity index (χ2v) is 4.94. The van der Waals surface area contributed by atoms with E-state index in [0.717, 1.165) is 19.5 Å². The highest BCUT2D eigenvalue weighted by Gasteiger charge is 2.35. The summed E-state index contributed by atoms with van der Waals surface area (Å²) in [6.07, 6.45) is 1.13. The van der Waals surface area contributed by atoms with Gasteiger partial charge in [-0.15, -0.1) is 0 Å². The van der Waals surface area contributed by atoms with Crippen LogP contribution in [0.15, 0.2) is 0 Å². The van der Waals surface area contributed by atoms with Crippen molar-refractivity contribution in [3.8, 4) is 0 Å². The number of nitrogens with two attached hydrogens (primary N) is 1. The maximum Gasteiger partial charge on any atom is 0.309 e. The first-order valence-electron chi connectivity index (χ1n) is 6.04. The van der Waals surface area contributed by atoms with Gasteiger partial charge in [-0.25, -0.2) is 0 Å². The minimum absolute atomic E-state index is 0.0797. The lowest BCUT2D eigenvalue weighted by Crippen LogP contribution is -2.43. The predicted octanol–water partition coefficient (Wildman–Crippen LogP) is 0.853. The van der Waals surface area contributed by atoms with Crippen molar-refractivity contribution in [3.63, 3.8) is 0 Å². The number of esters is 1. The van der Waals surface area contributed by atoms with Gasteiger partial charge in [-0.2, -0.15) is 0 Å². The molecule has 4 nitrogen and oxygen atoms in total. The fourth-order valence-corrected chi connectivity index (χ4v) is 2.58. The van der Waals surface area contributed by atoms with Crippen LogP contribution in [0.4, 0.5) is 0 Å². The molecule has 0 aromatic heterocycles. The quantitative estimate of drug-likeness (QED) is 0.725. The van der Waals surface area contributed by atoms with Gasteiger partial charge in [0.05, 0.1) is 13.0 Å². The molecule has 4 heteroatoms.